The van der Waals surface area contributed by atoms with Gasteiger partial charge in [0, 0.05) is 11.9 Å². The van der Waals surface area contributed by atoms with E-state index in [0.717, 1.165) is 16.3 Å². The fourth-order valence-corrected chi connectivity index (χ4v) is 2.45. The number of hydrogen-bond donors (Lipinski definition) is 1. The minimum Gasteiger partial charge on any atom is -0.454 e. The second kappa shape index (κ2) is 5.72. The van der Waals surface area contributed by atoms with Crippen LogP contribution in [0.1, 0.15) is 5.56 Å². The van der Waals surface area contributed by atoms with Crippen LogP contribution < -0.4 is 10.5 Å². The molecule has 0 saturated heterocycles. The van der Waals surface area contributed by atoms with Crippen LogP contribution in [0.2, 0.25) is 5.02 Å². The molecule has 2 nitrogen and oxygen atoms in total. The van der Waals surface area contributed by atoms with Crippen LogP contribution >= 0.6 is 11.6 Å². The molecule has 0 amide bonds. The molecule has 0 spiro atoms. The summed E-state index contributed by atoms with van der Waals surface area (Å²) in [7, 11) is 0. The van der Waals surface area contributed by atoms with Gasteiger partial charge in [0.15, 0.2) is 11.6 Å². The summed E-state index contributed by atoms with van der Waals surface area (Å²) in [5, 5.41) is 1.93. The van der Waals surface area contributed by atoms with Crippen molar-refractivity contribution in [1.29, 1.82) is 0 Å². The molecule has 0 heterocycles. The summed E-state index contributed by atoms with van der Waals surface area (Å²) >= 11 is 5.77. The highest BCUT2D eigenvalue weighted by Crippen LogP contribution is 2.34. The van der Waals surface area contributed by atoms with Gasteiger partial charge in [-0.3, -0.25) is 0 Å². The lowest BCUT2D eigenvalue weighted by molar-refractivity contribution is 0.446. The highest BCUT2D eigenvalue weighted by atomic mass is 35.5. The standard InChI is InChI=1S/C17H13ClFNO/c18-14-6-3-7-16(17(14)19)21-15-9-8-11(10-20)12-4-1-2-5-13(12)15/h1-9H,10,20H2. The van der Waals surface area contributed by atoms with E-state index < -0.39 is 5.82 Å². The van der Waals surface area contributed by atoms with Gasteiger partial charge in [-0.2, -0.15) is 0 Å². The van der Waals surface area contributed by atoms with E-state index in [1.807, 2.05) is 30.3 Å². The zero-order valence-corrected chi connectivity index (χ0v) is 11.9. The van der Waals surface area contributed by atoms with E-state index in [4.69, 9.17) is 22.1 Å². The maximum atomic E-state index is 14.0. The number of rotatable bonds is 3. The first-order valence-corrected chi connectivity index (χ1v) is 6.91. The molecule has 3 aromatic carbocycles. The molecule has 0 aliphatic rings. The third kappa shape index (κ3) is 2.58. The van der Waals surface area contributed by atoms with Crippen LogP contribution in [0.15, 0.2) is 54.6 Å². The Morgan fingerprint density at radius 3 is 2.43 bits per heavy atom. The average Bonchev–Trinajstić information content (AvgIpc) is 2.52. The van der Waals surface area contributed by atoms with Crippen molar-refractivity contribution in [3.05, 3.63) is 71.0 Å². The summed E-state index contributed by atoms with van der Waals surface area (Å²) in [6.45, 7) is 0.437. The third-order valence-corrected chi connectivity index (χ3v) is 3.62. The highest BCUT2D eigenvalue weighted by molar-refractivity contribution is 6.30. The van der Waals surface area contributed by atoms with Crippen LogP contribution in [0.3, 0.4) is 0 Å². The van der Waals surface area contributed by atoms with Crippen molar-refractivity contribution in [2.75, 3.05) is 0 Å². The highest BCUT2D eigenvalue weighted by Gasteiger charge is 2.11. The largest absolute Gasteiger partial charge is 0.454 e. The number of fused-ring (bicyclic) bond motifs is 1. The van der Waals surface area contributed by atoms with Crippen molar-refractivity contribution in [3.8, 4) is 11.5 Å². The zero-order chi connectivity index (χ0) is 14.8. The minimum atomic E-state index is -0.564. The van der Waals surface area contributed by atoms with Crippen LogP contribution in [0.5, 0.6) is 11.5 Å². The molecule has 21 heavy (non-hydrogen) atoms. The molecule has 0 saturated carbocycles. The Hall–Kier alpha value is -2.10. The third-order valence-electron chi connectivity index (χ3n) is 3.33. The summed E-state index contributed by atoms with van der Waals surface area (Å²) in [4.78, 5) is 0. The van der Waals surface area contributed by atoms with Crippen molar-refractivity contribution in [2.24, 2.45) is 5.73 Å². The van der Waals surface area contributed by atoms with Crippen LogP contribution in [-0.4, -0.2) is 0 Å². The molecule has 2 N–H and O–H groups in total. The van der Waals surface area contributed by atoms with Gasteiger partial charge in [0.05, 0.1) is 5.02 Å². The van der Waals surface area contributed by atoms with E-state index in [0.29, 0.717) is 12.3 Å². The molecule has 0 unspecified atom stereocenters. The van der Waals surface area contributed by atoms with Gasteiger partial charge in [-0.15, -0.1) is 0 Å². The number of ether oxygens (including phenoxy) is 1. The predicted octanol–water partition coefficient (Wildman–Crippen LogP) is 4.88. The molecule has 3 rings (SSSR count). The van der Waals surface area contributed by atoms with E-state index in [-0.39, 0.29) is 10.8 Å². The molecule has 106 valence electrons. The van der Waals surface area contributed by atoms with Crippen molar-refractivity contribution in [3.63, 3.8) is 0 Å². The van der Waals surface area contributed by atoms with Crippen molar-refractivity contribution in [2.45, 2.75) is 6.54 Å². The molecule has 0 aliphatic carbocycles. The monoisotopic (exact) mass is 301 g/mol. The zero-order valence-electron chi connectivity index (χ0n) is 11.1. The number of benzene rings is 3. The number of halogens is 2. The lowest BCUT2D eigenvalue weighted by atomic mass is 10.0. The first-order valence-electron chi connectivity index (χ1n) is 6.53. The summed E-state index contributed by atoms with van der Waals surface area (Å²) < 4.78 is 19.7. The SMILES string of the molecule is NCc1ccc(Oc2cccc(Cl)c2F)c2ccccc12. The van der Waals surface area contributed by atoms with Crippen molar-refractivity contribution >= 4 is 22.4 Å². The van der Waals surface area contributed by atoms with Gasteiger partial charge in [0.25, 0.3) is 0 Å². The van der Waals surface area contributed by atoms with Crippen molar-refractivity contribution < 1.29 is 9.13 Å². The van der Waals surface area contributed by atoms with Gasteiger partial charge >= 0.3 is 0 Å². The molecule has 0 atom stereocenters. The van der Waals surface area contributed by atoms with Gasteiger partial charge in [0.1, 0.15) is 5.75 Å². The van der Waals surface area contributed by atoms with E-state index in [1.165, 1.54) is 6.07 Å². The topological polar surface area (TPSA) is 35.2 Å². The first-order chi connectivity index (χ1) is 10.2. The molecule has 0 bridgehead atoms. The van der Waals surface area contributed by atoms with Gasteiger partial charge in [-0.25, -0.2) is 4.39 Å². The first kappa shape index (κ1) is 13.9. The average molecular weight is 302 g/mol. The van der Waals surface area contributed by atoms with Crippen LogP contribution in [-0.2, 0) is 6.54 Å². The molecule has 0 aliphatic heterocycles. The second-order valence-electron chi connectivity index (χ2n) is 4.63. The van der Waals surface area contributed by atoms with Crippen LogP contribution in [0, 0.1) is 5.82 Å². The Balaban J connectivity index is 2.11. The Kier molecular flexibility index (Phi) is 3.78. The summed E-state index contributed by atoms with van der Waals surface area (Å²) in [5.74, 6) is 0.114. The van der Waals surface area contributed by atoms with Gasteiger partial charge < -0.3 is 10.5 Å². The number of nitrogens with two attached hydrogens (primary N) is 1. The molecular weight excluding hydrogens is 289 g/mol. The van der Waals surface area contributed by atoms with Gasteiger partial charge in [-0.1, -0.05) is 48.0 Å². The molecule has 0 fully saturated rings. The minimum absolute atomic E-state index is 0.0374. The Labute approximate surface area is 126 Å². The predicted molar refractivity (Wildman–Crippen MR) is 83.3 cm³/mol. The molecule has 0 aromatic heterocycles. The number of hydrogen-bond acceptors (Lipinski definition) is 2. The Bertz CT molecular complexity index is 804. The summed E-state index contributed by atoms with van der Waals surface area (Å²) in [5.41, 5.74) is 6.76. The van der Waals surface area contributed by atoms with E-state index in [1.54, 1.807) is 18.2 Å². The summed E-state index contributed by atoms with van der Waals surface area (Å²) in [6.07, 6.45) is 0. The fraction of sp³-hybridized carbons (Fsp3) is 0.0588. The van der Waals surface area contributed by atoms with Crippen molar-refractivity contribution in [1.82, 2.24) is 0 Å². The molecule has 4 heteroatoms. The maximum absolute atomic E-state index is 14.0. The van der Waals surface area contributed by atoms with Crippen LogP contribution in [0.25, 0.3) is 10.8 Å². The summed E-state index contributed by atoms with van der Waals surface area (Å²) in [6, 6.07) is 16.1. The van der Waals surface area contributed by atoms with Gasteiger partial charge in [0.2, 0.25) is 0 Å². The van der Waals surface area contributed by atoms with Gasteiger partial charge in [-0.05, 0) is 29.1 Å². The maximum Gasteiger partial charge on any atom is 0.184 e. The Morgan fingerprint density at radius 2 is 1.67 bits per heavy atom. The second-order valence-corrected chi connectivity index (χ2v) is 5.03. The Morgan fingerprint density at radius 1 is 0.905 bits per heavy atom. The molecule has 0 radical (unpaired) electrons. The lowest BCUT2D eigenvalue weighted by Crippen LogP contribution is -1.98. The van der Waals surface area contributed by atoms with Crippen LogP contribution in [0.4, 0.5) is 4.39 Å². The normalized spacial score (nSPS) is 10.8. The smallest absolute Gasteiger partial charge is 0.184 e. The quantitative estimate of drug-likeness (QED) is 0.748. The van der Waals surface area contributed by atoms with E-state index in [2.05, 4.69) is 0 Å². The lowest BCUT2D eigenvalue weighted by Gasteiger charge is -2.12. The molecule has 3 aromatic rings. The molecular formula is C17H13ClFNO. The fourth-order valence-electron chi connectivity index (χ4n) is 2.28. The van der Waals surface area contributed by atoms with E-state index in [9.17, 15) is 4.39 Å². The van der Waals surface area contributed by atoms with E-state index >= 15 is 0 Å².